The molecule has 0 saturated heterocycles. The Bertz CT molecular complexity index is 838. The van der Waals surface area contributed by atoms with Crippen LogP contribution in [-0.4, -0.2) is 15.9 Å². The number of amides is 1. The Morgan fingerprint density at radius 2 is 1.92 bits per heavy atom. The SMILES string of the molecule is N#C/C(=C/Nc1cccc(O)c1)C(=O)Nc1ccc([N+](=O)[O-])cc1. The monoisotopic (exact) mass is 324 g/mol. The maximum Gasteiger partial charge on any atom is 0.269 e. The summed E-state index contributed by atoms with van der Waals surface area (Å²) in [6, 6.07) is 13.2. The molecule has 0 aliphatic rings. The molecule has 0 aliphatic heterocycles. The summed E-state index contributed by atoms with van der Waals surface area (Å²) < 4.78 is 0. The van der Waals surface area contributed by atoms with Crippen molar-refractivity contribution in [3.05, 3.63) is 70.4 Å². The smallest absolute Gasteiger partial charge is 0.269 e. The number of aromatic hydroxyl groups is 1. The highest BCUT2D eigenvalue weighted by molar-refractivity contribution is 6.06. The molecule has 0 spiro atoms. The number of nitrogens with one attached hydrogen (secondary N) is 2. The fraction of sp³-hybridized carbons (Fsp3) is 0. The average Bonchev–Trinajstić information content (AvgIpc) is 2.56. The van der Waals surface area contributed by atoms with E-state index in [1.165, 1.54) is 42.6 Å². The molecule has 8 heteroatoms. The van der Waals surface area contributed by atoms with E-state index in [1.807, 2.05) is 0 Å². The predicted octanol–water partition coefficient (Wildman–Crippen LogP) is 2.76. The summed E-state index contributed by atoms with van der Waals surface area (Å²) in [6.45, 7) is 0. The van der Waals surface area contributed by atoms with E-state index in [-0.39, 0.29) is 17.0 Å². The van der Waals surface area contributed by atoms with Gasteiger partial charge in [-0.25, -0.2) is 0 Å². The van der Waals surface area contributed by atoms with Crippen LogP contribution in [0.2, 0.25) is 0 Å². The van der Waals surface area contributed by atoms with Gasteiger partial charge >= 0.3 is 0 Å². The van der Waals surface area contributed by atoms with Crippen LogP contribution in [0, 0.1) is 21.4 Å². The number of rotatable bonds is 5. The standard InChI is InChI=1S/C16H12N4O4/c17-9-11(10-18-13-2-1-3-15(21)8-13)16(22)19-12-4-6-14(7-5-12)20(23)24/h1-8,10,18,21H,(H,19,22)/b11-10-. The topological polar surface area (TPSA) is 128 Å². The zero-order valence-corrected chi connectivity index (χ0v) is 12.3. The third-order valence-electron chi connectivity index (χ3n) is 2.93. The molecule has 3 N–H and O–H groups in total. The number of benzene rings is 2. The molecule has 8 nitrogen and oxygen atoms in total. The summed E-state index contributed by atoms with van der Waals surface area (Å²) in [5.41, 5.74) is 0.529. The number of hydrogen-bond donors (Lipinski definition) is 3. The van der Waals surface area contributed by atoms with E-state index in [2.05, 4.69) is 10.6 Å². The Kier molecular flexibility index (Phi) is 5.10. The van der Waals surface area contributed by atoms with Gasteiger partial charge in [-0.3, -0.25) is 14.9 Å². The summed E-state index contributed by atoms with van der Waals surface area (Å²) in [6.07, 6.45) is 1.20. The van der Waals surface area contributed by atoms with Crippen molar-refractivity contribution in [2.45, 2.75) is 0 Å². The quantitative estimate of drug-likeness (QED) is 0.336. The molecule has 0 atom stereocenters. The number of carbonyl (C=O) groups excluding carboxylic acids is 1. The van der Waals surface area contributed by atoms with Gasteiger partial charge in [-0.1, -0.05) is 6.07 Å². The van der Waals surface area contributed by atoms with E-state index in [0.717, 1.165) is 0 Å². The normalized spacial score (nSPS) is 10.5. The maximum atomic E-state index is 12.0. The second kappa shape index (κ2) is 7.42. The molecule has 0 aliphatic carbocycles. The van der Waals surface area contributed by atoms with Gasteiger partial charge in [-0.15, -0.1) is 0 Å². The summed E-state index contributed by atoms with van der Waals surface area (Å²) in [5, 5.41) is 34.2. The van der Waals surface area contributed by atoms with Crippen LogP contribution in [0.1, 0.15) is 0 Å². The van der Waals surface area contributed by atoms with Gasteiger partial charge in [0.25, 0.3) is 11.6 Å². The number of non-ortho nitro benzene ring substituents is 1. The molecule has 0 unspecified atom stereocenters. The molecule has 2 aromatic rings. The summed E-state index contributed by atoms with van der Waals surface area (Å²) in [7, 11) is 0. The van der Waals surface area contributed by atoms with Gasteiger partial charge in [0.15, 0.2) is 0 Å². The Morgan fingerprint density at radius 3 is 2.50 bits per heavy atom. The molecule has 2 aromatic carbocycles. The highest BCUT2D eigenvalue weighted by Gasteiger charge is 2.10. The number of phenols is 1. The first-order valence-electron chi connectivity index (χ1n) is 6.71. The lowest BCUT2D eigenvalue weighted by molar-refractivity contribution is -0.384. The lowest BCUT2D eigenvalue weighted by atomic mass is 10.2. The fourth-order valence-corrected chi connectivity index (χ4v) is 1.76. The van der Waals surface area contributed by atoms with Gasteiger partial charge in [0.1, 0.15) is 17.4 Å². The molecule has 120 valence electrons. The van der Waals surface area contributed by atoms with Gasteiger partial charge in [0, 0.05) is 35.8 Å². The number of phenolic OH excluding ortho intramolecular Hbond substituents is 1. The highest BCUT2D eigenvalue weighted by Crippen LogP contribution is 2.17. The summed E-state index contributed by atoms with van der Waals surface area (Å²) >= 11 is 0. The Hall–Kier alpha value is -3.86. The Balaban J connectivity index is 2.07. The lowest BCUT2D eigenvalue weighted by Crippen LogP contribution is -2.14. The summed E-state index contributed by atoms with van der Waals surface area (Å²) in [4.78, 5) is 22.0. The first kappa shape index (κ1) is 16.5. The van der Waals surface area contributed by atoms with Crippen molar-refractivity contribution in [1.29, 1.82) is 5.26 Å². The largest absolute Gasteiger partial charge is 0.508 e. The minimum atomic E-state index is -0.668. The average molecular weight is 324 g/mol. The van der Waals surface area contributed by atoms with Gasteiger partial charge in [0.05, 0.1) is 4.92 Å². The van der Waals surface area contributed by atoms with Crippen LogP contribution < -0.4 is 10.6 Å². The van der Waals surface area contributed by atoms with Crippen LogP contribution in [0.5, 0.6) is 5.75 Å². The van der Waals surface area contributed by atoms with Gasteiger partial charge in [-0.05, 0) is 24.3 Å². The molecular formula is C16H12N4O4. The zero-order chi connectivity index (χ0) is 17.5. The van der Waals surface area contributed by atoms with E-state index in [0.29, 0.717) is 11.4 Å². The lowest BCUT2D eigenvalue weighted by Gasteiger charge is -2.05. The minimum absolute atomic E-state index is 0.0437. The molecule has 1 amide bonds. The molecule has 2 rings (SSSR count). The van der Waals surface area contributed by atoms with E-state index < -0.39 is 10.8 Å². The molecular weight excluding hydrogens is 312 g/mol. The number of nitrogens with zero attached hydrogens (tertiary/aromatic N) is 2. The molecule has 0 bridgehead atoms. The van der Waals surface area contributed by atoms with Crippen molar-refractivity contribution in [1.82, 2.24) is 0 Å². The first-order valence-corrected chi connectivity index (χ1v) is 6.71. The third kappa shape index (κ3) is 4.32. The molecule has 0 aromatic heterocycles. The molecule has 24 heavy (non-hydrogen) atoms. The van der Waals surface area contributed by atoms with Gasteiger partial charge < -0.3 is 15.7 Å². The van der Waals surface area contributed by atoms with Crippen LogP contribution in [0.25, 0.3) is 0 Å². The van der Waals surface area contributed by atoms with Crippen molar-refractivity contribution in [2.75, 3.05) is 10.6 Å². The Morgan fingerprint density at radius 1 is 1.21 bits per heavy atom. The van der Waals surface area contributed by atoms with E-state index >= 15 is 0 Å². The number of nitro benzene ring substituents is 1. The van der Waals surface area contributed by atoms with Gasteiger partial charge in [-0.2, -0.15) is 5.26 Å². The van der Waals surface area contributed by atoms with Crippen molar-refractivity contribution in [2.24, 2.45) is 0 Å². The minimum Gasteiger partial charge on any atom is -0.508 e. The maximum absolute atomic E-state index is 12.0. The highest BCUT2D eigenvalue weighted by atomic mass is 16.6. The summed E-state index contributed by atoms with van der Waals surface area (Å²) in [5.74, 6) is -0.624. The number of carbonyl (C=O) groups is 1. The van der Waals surface area contributed by atoms with Crippen molar-refractivity contribution in [3.8, 4) is 11.8 Å². The van der Waals surface area contributed by atoms with Crippen LogP contribution in [0.3, 0.4) is 0 Å². The number of nitro groups is 1. The number of anilines is 2. The second-order valence-corrected chi connectivity index (χ2v) is 4.62. The Labute approximate surface area is 136 Å². The van der Waals surface area contributed by atoms with E-state index in [9.17, 15) is 20.0 Å². The number of nitriles is 1. The molecule has 0 radical (unpaired) electrons. The number of hydrogen-bond acceptors (Lipinski definition) is 6. The van der Waals surface area contributed by atoms with Crippen molar-refractivity contribution < 1.29 is 14.8 Å². The van der Waals surface area contributed by atoms with Crippen LogP contribution in [-0.2, 0) is 4.79 Å². The predicted molar refractivity (Wildman–Crippen MR) is 87.2 cm³/mol. The fourth-order valence-electron chi connectivity index (χ4n) is 1.76. The van der Waals surface area contributed by atoms with Crippen LogP contribution in [0.4, 0.5) is 17.1 Å². The molecule has 0 saturated carbocycles. The third-order valence-corrected chi connectivity index (χ3v) is 2.93. The zero-order valence-electron chi connectivity index (χ0n) is 12.3. The molecule has 0 heterocycles. The van der Waals surface area contributed by atoms with Crippen LogP contribution in [0.15, 0.2) is 60.3 Å². The van der Waals surface area contributed by atoms with Crippen LogP contribution >= 0.6 is 0 Å². The first-order chi connectivity index (χ1) is 11.5. The second-order valence-electron chi connectivity index (χ2n) is 4.62. The van der Waals surface area contributed by atoms with Crippen molar-refractivity contribution in [3.63, 3.8) is 0 Å². The van der Waals surface area contributed by atoms with E-state index in [4.69, 9.17) is 5.26 Å². The van der Waals surface area contributed by atoms with Gasteiger partial charge in [0.2, 0.25) is 0 Å². The molecule has 0 fully saturated rings. The van der Waals surface area contributed by atoms with E-state index in [1.54, 1.807) is 18.2 Å². The van der Waals surface area contributed by atoms with Crippen molar-refractivity contribution >= 4 is 23.0 Å².